The van der Waals surface area contributed by atoms with Gasteiger partial charge in [0.15, 0.2) is 0 Å². The fourth-order valence-corrected chi connectivity index (χ4v) is 8.10. The highest BCUT2D eigenvalue weighted by molar-refractivity contribution is 7.88. The molecule has 2 N–H and O–H groups in total. The van der Waals surface area contributed by atoms with Crippen LogP contribution in [0.25, 0.3) is 5.95 Å². The number of aromatic nitrogens is 5. The van der Waals surface area contributed by atoms with Gasteiger partial charge in [-0.2, -0.15) is 14.9 Å². The summed E-state index contributed by atoms with van der Waals surface area (Å²) in [6.07, 6.45) is 4.58. The number of ether oxygens (including phenoxy) is 1. The molecule has 1 unspecified atom stereocenters. The minimum Gasteiger partial charge on any atom is -0.488 e. The first kappa shape index (κ1) is 49.1. The van der Waals surface area contributed by atoms with Crippen LogP contribution in [0.5, 0.6) is 5.75 Å². The molecule has 1 atom stereocenters. The summed E-state index contributed by atoms with van der Waals surface area (Å²) >= 11 is 0. The Labute approximate surface area is 376 Å². The molecule has 3 heterocycles. The third kappa shape index (κ3) is 11.4. The summed E-state index contributed by atoms with van der Waals surface area (Å²) in [7, 11) is -3.27. The second kappa shape index (κ2) is 19.5. The summed E-state index contributed by atoms with van der Waals surface area (Å²) in [5, 5.41) is 22.2. The van der Waals surface area contributed by atoms with Crippen LogP contribution in [0, 0.1) is 26.2 Å². The Morgan fingerprint density at radius 3 is 2.24 bits per heavy atom. The molecule has 0 saturated carbocycles. The lowest BCUT2D eigenvalue weighted by Gasteiger charge is -2.31. The number of hydrogen-bond donors (Lipinski definition) is 2. The molecule has 344 valence electrons. The molecule has 0 fully saturated rings. The molecule has 0 radical (unpaired) electrons. The van der Waals surface area contributed by atoms with Crippen LogP contribution in [0.1, 0.15) is 141 Å². The number of aliphatic imine (C=N–C) groups is 1. The molecule has 2 aromatic heterocycles. The molecule has 2 aromatic carbocycles. The van der Waals surface area contributed by atoms with Crippen molar-refractivity contribution in [3.8, 4) is 11.7 Å². The smallest absolute Gasteiger partial charge is 0.273 e. The third-order valence-electron chi connectivity index (χ3n) is 12.6. The number of aryl methyl sites for hydroxylation is 2. The normalized spacial score (nSPS) is 14.5. The second-order valence-corrected chi connectivity index (χ2v) is 21.0. The number of fused-ring (bicyclic) bond motifs is 1. The summed E-state index contributed by atoms with van der Waals surface area (Å²) in [6.45, 7) is 31.9. The molecule has 0 saturated heterocycles. The molecule has 0 aliphatic carbocycles. The molecule has 0 bridgehead atoms. The summed E-state index contributed by atoms with van der Waals surface area (Å²) in [6, 6.07) is 12.7. The van der Waals surface area contributed by atoms with Gasteiger partial charge in [0.1, 0.15) is 17.6 Å². The van der Waals surface area contributed by atoms with E-state index in [1.807, 2.05) is 39.8 Å². The molecule has 1 aliphatic heterocycles. The van der Waals surface area contributed by atoms with E-state index in [0.29, 0.717) is 56.5 Å². The van der Waals surface area contributed by atoms with Gasteiger partial charge in [-0.25, -0.2) is 22.8 Å². The fraction of sp³-hybridized carbons (Fsp3) is 0.583. The van der Waals surface area contributed by atoms with E-state index < -0.39 is 10.0 Å². The van der Waals surface area contributed by atoms with Crippen LogP contribution in [0.4, 0.5) is 11.4 Å². The van der Waals surface area contributed by atoms with Crippen molar-refractivity contribution in [1.29, 1.82) is 0 Å². The van der Waals surface area contributed by atoms with Crippen molar-refractivity contribution in [2.75, 3.05) is 37.3 Å². The Balaban J connectivity index is 1.31. The van der Waals surface area contributed by atoms with E-state index in [1.54, 1.807) is 9.36 Å². The maximum Gasteiger partial charge on any atom is 0.273 e. The monoisotopic (exact) mass is 885 g/mol. The van der Waals surface area contributed by atoms with E-state index in [2.05, 4.69) is 119 Å². The van der Waals surface area contributed by atoms with Crippen LogP contribution in [0.15, 0.2) is 46.5 Å². The lowest BCUT2D eigenvalue weighted by atomic mass is 9.76. The average molecular weight is 885 g/mol. The minimum atomic E-state index is -3.27. The zero-order valence-corrected chi connectivity index (χ0v) is 41.3. The van der Waals surface area contributed by atoms with E-state index in [0.717, 1.165) is 64.6 Å². The fourth-order valence-electron chi connectivity index (χ4n) is 7.63. The van der Waals surface area contributed by atoms with E-state index in [1.165, 1.54) is 17.4 Å². The number of amides is 1. The van der Waals surface area contributed by atoms with E-state index in [4.69, 9.17) is 19.9 Å². The van der Waals surface area contributed by atoms with Crippen LogP contribution in [-0.4, -0.2) is 88.9 Å². The highest BCUT2D eigenvalue weighted by atomic mass is 32.2. The summed E-state index contributed by atoms with van der Waals surface area (Å²) in [5.74, 6) is 1.81. The highest BCUT2D eigenvalue weighted by Crippen LogP contribution is 2.39. The Bertz CT molecular complexity index is 2450. The number of carbonyl (C=O) groups excluding carboxylic acids is 1. The van der Waals surface area contributed by atoms with Gasteiger partial charge in [-0.1, -0.05) is 81.4 Å². The molecular formula is C48H72N10O4S. The SMILES string of the molecule is CCC(CNC(=O)CCc1c(C)nn(-c2nnc3n2N=C(C(C)(C)C)C3=Nc2ccc(N(CC)CCNS(C)(=O)=O)cc2C)c1C)Oc1ccc(C(C)(C)CC)cc1C(C)(C)CC. The largest absolute Gasteiger partial charge is 0.488 e. The number of sulfonamides is 1. The number of hydrogen-bond acceptors (Lipinski definition) is 10. The molecule has 15 heteroatoms. The zero-order chi connectivity index (χ0) is 46.7. The van der Waals surface area contributed by atoms with Gasteiger partial charge in [-0.05, 0) is 105 Å². The van der Waals surface area contributed by atoms with Gasteiger partial charge in [0, 0.05) is 48.4 Å². The van der Waals surface area contributed by atoms with E-state index in [-0.39, 0.29) is 28.3 Å². The third-order valence-corrected chi connectivity index (χ3v) is 13.4. The standard InChI is InChI=1S/C48H72N10O4S/c1-16-36(62-40-24-20-34(47(11,12)17-2)29-38(40)48(13,14)18-3)30-49-41(59)25-22-37-32(6)54-57(33(37)7)45-53-52-44-42(43(46(8,9)10)55-58(44)45)51-39-23-21-35(28-31(39)5)56(19-4)27-26-50-63(15,60)61/h20-21,23-24,28-29,36,50H,16-19,22,25-27,30H2,1-15H3,(H,49,59). The lowest BCUT2D eigenvalue weighted by molar-refractivity contribution is -0.121. The maximum absolute atomic E-state index is 13.4. The highest BCUT2D eigenvalue weighted by Gasteiger charge is 2.36. The molecule has 14 nitrogen and oxygen atoms in total. The van der Waals surface area contributed by atoms with Crippen LogP contribution < -0.4 is 19.7 Å². The Kier molecular flexibility index (Phi) is 15.2. The van der Waals surface area contributed by atoms with Gasteiger partial charge < -0.3 is 15.0 Å². The number of rotatable bonds is 20. The quantitative estimate of drug-likeness (QED) is 0.0895. The number of anilines is 1. The summed E-state index contributed by atoms with van der Waals surface area (Å²) < 4.78 is 35.9. The number of nitrogens with one attached hydrogen (secondary N) is 2. The Morgan fingerprint density at radius 1 is 0.937 bits per heavy atom. The van der Waals surface area contributed by atoms with Gasteiger partial charge in [0.05, 0.1) is 29.9 Å². The van der Waals surface area contributed by atoms with Gasteiger partial charge in [0.25, 0.3) is 5.95 Å². The second-order valence-electron chi connectivity index (χ2n) is 19.2. The van der Waals surface area contributed by atoms with Crippen molar-refractivity contribution in [3.05, 3.63) is 75.9 Å². The Morgan fingerprint density at radius 2 is 1.63 bits per heavy atom. The van der Waals surface area contributed by atoms with E-state index in [9.17, 15) is 13.2 Å². The molecule has 1 aliphatic rings. The number of nitrogens with zero attached hydrogens (tertiary/aromatic N) is 8. The predicted octanol–water partition coefficient (Wildman–Crippen LogP) is 8.43. The molecule has 1 amide bonds. The predicted molar refractivity (Wildman–Crippen MR) is 256 cm³/mol. The summed E-state index contributed by atoms with van der Waals surface area (Å²) in [4.78, 5) is 20.6. The van der Waals surface area contributed by atoms with Crippen molar-refractivity contribution in [2.24, 2.45) is 15.5 Å². The van der Waals surface area contributed by atoms with Crippen molar-refractivity contribution in [1.82, 2.24) is 34.7 Å². The number of likely N-dealkylation sites (N-methyl/N-ethyl adjacent to an activating group) is 1. The van der Waals surface area contributed by atoms with Crippen LogP contribution >= 0.6 is 0 Å². The molecule has 4 aromatic rings. The maximum atomic E-state index is 13.4. The van der Waals surface area contributed by atoms with Crippen molar-refractivity contribution in [2.45, 2.75) is 146 Å². The van der Waals surface area contributed by atoms with E-state index >= 15 is 0 Å². The average Bonchev–Trinajstić information content (AvgIpc) is 3.88. The number of benzene rings is 2. The topological polar surface area (TPSA) is 161 Å². The molecule has 0 spiro atoms. The van der Waals surface area contributed by atoms with Crippen LogP contribution in [0.2, 0.25) is 0 Å². The van der Waals surface area contributed by atoms with Gasteiger partial charge in [0.2, 0.25) is 21.8 Å². The lowest BCUT2D eigenvalue weighted by Crippen LogP contribution is -2.35. The molecular weight excluding hydrogens is 813 g/mol. The van der Waals surface area contributed by atoms with Gasteiger partial charge >= 0.3 is 0 Å². The van der Waals surface area contributed by atoms with Crippen LogP contribution in [0.3, 0.4) is 0 Å². The zero-order valence-electron chi connectivity index (χ0n) is 40.5. The van der Waals surface area contributed by atoms with Crippen molar-refractivity contribution in [3.63, 3.8) is 0 Å². The van der Waals surface area contributed by atoms with Gasteiger partial charge in [-0.15, -0.1) is 10.2 Å². The van der Waals surface area contributed by atoms with Crippen molar-refractivity contribution < 1.29 is 17.9 Å². The first-order valence-electron chi connectivity index (χ1n) is 22.5. The first-order valence-corrected chi connectivity index (χ1v) is 24.4. The van der Waals surface area contributed by atoms with Gasteiger partial charge in [-0.3, -0.25) is 4.79 Å². The van der Waals surface area contributed by atoms with Crippen LogP contribution in [-0.2, 0) is 32.1 Å². The minimum absolute atomic E-state index is 0.0453. The summed E-state index contributed by atoms with van der Waals surface area (Å²) in [5.41, 5.74) is 8.93. The van der Waals surface area contributed by atoms with Crippen molar-refractivity contribution >= 4 is 38.7 Å². The number of carbonyl (C=O) groups is 1. The molecule has 63 heavy (non-hydrogen) atoms. The first-order chi connectivity index (χ1) is 29.4. The molecule has 5 rings (SSSR count). The Hall–Kier alpha value is -4.89.